The number of carbonyl (C=O) groups excluding carboxylic acids is 1. The Morgan fingerprint density at radius 1 is 1.05 bits per heavy atom. The number of rotatable bonds is 4. The van der Waals surface area contributed by atoms with Gasteiger partial charge in [0.25, 0.3) is 17.3 Å². The third-order valence-electron chi connectivity index (χ3n) is 2.92. The molecule has 0 heterocycles. The molecule has 0 spiro atoms. The van der Waals surface area contributed by atoms with Crippen LogP contribution in [0.4, 0.5) is 17.1 Å². The van der Waals surface area contributed by atoms with Crippen LogP contribution in [-0.4, -0.2) is 15.8 Å². The highest BCUT2D eigenvalue weighted by Gasteiger charge is 2.21. The second kappa shape index (κ2) is 6.00. The van der Waals surface area contributed by atoms with Gasteiger partial charge >= 0.3 is 0 Å². The van der Waals surface area contributed by atoms with Crippen LogP contribution < -0.4 is 5.32 Å². The van der Waals surface area contributed by atoms with Crippen LogP contribution in [0.5, 0.6) is 0 Å². The van der Waals surface area contributed by atoms with Gasteiger partial charge in [0.2, 0.25) is 0 Å². The molecule has 2 aromatic rings. The number of non-ortho nitro benzene ring substituents is 1. The van der Waals surface area contributed by atoms with Gasteiger partial charge in [0.1, 0.15) is 5.69 Å². The summed E-state index contributed by atoms with van der Waals surface area (Å²) in [5.41, 5.74) is 0.163. The fourth-order valence-electron chi connectivity index (χ4n) is 1.87. The quantitative estimate of drug-likeness (QED) is 0.688. The summed E-state index contributed by atoms with van der Waals surface area (Å²) in [6.07, 6.45) is 0. The van der Waals surface area contributed by atoms with Crippen molar-refractivity contribution in [2.75, 3.05) is 5.32 Å². The third kappa shape index (κ3) is 3.23. The summed E-state index contributed by atoms with van der Waals surface area (Å²) in [5.74, 6) is -0.527. The topological polar surface area (TPSA) is 115 Å². The molecule has 0 fully saturated rings. The molecule has 112 valence electrons. The molecule has 8 heteroatoms. The summed E-state index contributed by atoms with van der Waals surface area (Å²) in [4.78, 5) is 32.2. The predicted molar refractivity (Wildman–Crippen MR) is 78.9 cm³/mol. The van der Waals surface area contributed by atoms with E-state index in [0.29, 0.717) is 5.56 Å². The Morgan fingerprint density at radius 2 is 1.77 bits per heavy atom. The summed E-state index contributed by atoms with van der Waals surface area (Å²) < 4.78 is 0. The minimum atomic E-state index is -0.779. The number of amides is 1. The van der Waals surface area contributed by atoms with Gasteiger partial charge in [-0.2, -0.15) is 0 Å². The van der Waals surface area contributed by atoms with E-state index >= 15 is 0 Å². The van der Waals surface area contributed by atoms with Crippen LogP contribution in [0.2, 0.25) is 0 Å². The second-order valence-electron chi connectivity index (χ2n) is 4.54. The molecule has 0 bridgehead atoms. The Hall–Kier alpha value is -3.29. The van der Waals surface area contributed by atoms with Crippen molar-refractivity contribution in [3.8, 4) is 0 Å². The molecule has 8 nitrogen and oxygen atoms in total. The smallest absolute Gasteiger partial charge is 0.299 e. The lowest BCUT2D eigenvalue weighted by atomic mass is 10.1. The maximum absolute atomic E-state index is 12.1. The number of nitro groups is 2. The fraction of sp³-hybridized carbons (Fsp3) is 0.0714. The van der Waals surface area contributed by atoms with E-state index in [1.54, 1.807) is 18.2 Å². The minimum absolute atomic E-state index is 0.0953. The summed E-state index contributed by atoms with van der Waals surface area (Å²) in [5, 5.41) is 24.1. The molecule has 0 saturated carbocycles. The molecule has 1 N–H and O–H groups in total. The van der Waals surface area contributed by atoms with Gasteiger partial charge in [-0.05, 0) is 25.1 Å². The van der Waals surface area contributed by atoms with E-state index in [9.17, 15) is 25.0 Å². The maximum atomic E-state index is 12.1. The van der Waals surface area contributed by atoms with E-state index in [4.69, 9.17) is 0 Å². The zero-order valence-corrected chi connectivity index (χ0v) is 11.5. The van der Waals surface area contributed by atoms with E-state index in [1.165, 1.54) is 0 Å². The van der Waals surface area contributed by atoms with Gasteiger partial charge in [-0.1, -0.05) is 17.7 Å². The maximum Gasteiger partial charge on any atom is 0.299 e. The van der Waals surface area contributed by atoms with Gasteiger partial charge < -0.3 is 5.32 Å². The zero-order valence-electron chi connectivity index (χ0n) is 11.5. The number of aryl methyl sites for hydroxylation is 1. The average molecular weight is 301 g/mol. The number of hydrogen-bond acceptors (Lipinski definition) is 5. The highest BCUT2D eigenvalue weighted by atomic mass is 16.6. The molecule has 0 aliphatic carbocycles. The largest absolute Gasteiger partial charge is 0.316 e. The minimum Gasteiger partial charge on any atom is -0.316 e. The van der Waals surface area contributed by atoms with Crippen LogP contribution in [0, 0.1) is 27.2 Å². The molecular formula is C14H11N3O5. The van der Waals surface area contributed by atoms with Crippen molar-refractivity contribution in [2.45, 2.75) is 6.92 Å². The van der Waals surface area contributed by atoms with Crippen molar-refractivity contribution < 1.29 is 14.6 Å². The molecule has 22 heavy (non-hydrogen) atoms. The first-order valence-corrected chi connectivity index (χ1v) is 6.19. The number of anilines is 1. The van der Waals surface area contributed by atoms with E-state index in [-0.39, 0.29) is 5.69 Å². The molecule has 0 aromatic heterocycles. The van der Waals surface area contributed by atoms with Crippen LogP contribution in [0.25, 0.3) is 0 Å². The fourth-order valence-corrected chi connectivity index (χ4v) is 1.87. The molecule has 0 aliphatic rings. The van der Waals surface area contributed by atoms with Crippen LogP contribution in [-0.2, 0) is 0 Å². The van der Waals surface area contributed by atoms with Crippen molar-refractivity contribution in [3.05, 3.63) is 73.8 Å². The second-order valence-corrected chi connectivity index (χ2v) is 4.54. The zero-order chi connectivity index (χ0) is 16.3. The first kappa shape index (κ1) is 15.1. The van der Waals surface area contributed by atoms with Crippen molar-refractivity contribution in [1.29, 1.82) is 0 Å². The van der Waals surface area contributed by atoms with Crippen LogP contribution in [0.3, 0.4) is 0 Å². The van der Waals surface area contributed by atoms with E-state index in [1.807, 2.05) is 13.0 Å². The average Bonchev–Trinajstić information content (AvgIpc) is 2.47. The monoisotopic (exact) mass is 301 g/mol. The highest BCUT2D eigenvalue weighted by molar-refractivity contribution is 6.05. The van der Waals surface area contributed by atoms with Crippen LogP contribution >= 0.6 is 0 Å². The van der Waals surface area contributed by atoms with Gasteiger partial charge in [-0.15, -0.1) is 0 Å². The van der Waals surface area contributed by atoms with Crippen molar-refractivity contribution in [3.63, 3.8) is 0 Å². The van der Waals surface area contributed by atoms with Crippen LogP contribution in [0.15, 0.2) is 42.5 Å². The van der Waals surface area contributed by atoms with Gasteiger partial charge in [0.05, 0.1) is 15.9 Å². The summed E-state index contributed by atoms with van der Waals surface area (Å²) >= 11 is 0. The lowest BCUT2D eigenvalue weighted by Crippen LogP contribution is -2.13. The molecule has 0 saturated heterocycles. The molecule has 2 rings (SSSR count). The predicted octanol–water partition coefficient (Wildman–Crippen LogP) is 3.06. The van der Waals surface area contributed by atoms with Crippen LogP contribution in [0.1, 0.15) is 15.9 Å². The Kier molecular flexibility index (Phi) is 4.12. The lowest BCUT2D eigenvalue weighted by Gasteiger charge is -2.06. The number of benzene rings is 2. The normalized spacial score (nSPS) is 10.0. The third-order valence-corrected chi connectivity index (χ3v) is 2.92. The Bertz CT molecular complexity index is 773. The SMILES string of the molecule is Cc1cccc(C(=O)Nc2ccc([N+](=O)[O-])cc2[N+](=O)[O-])c1. The first-order valence-electron chi connectivity index (χ1n) is 6.19. The van der Waals surface area contributed by atoms with E-state index in [0.717, 1.165) is 23.8 Å². The number of hydrogen-bond donors (Lipinski definition) is 1. The Balaban J connectivity index is 2.34. The molecule has 2 aromatic carbocycles. The Morgan fingerprint density at radius 3 is 2.36 bits per heavy atom. The highest BCUT2D eigenvalue weighted by Crippen LogP contribution is 2.29. The summed E-state index contributed by atoms with van der Waals surface area (Å²) in [6, 6.07) is 9.75. The number of carbonyl (C=O) groups is 1. The number of nitrogens with one attached hydrogen (secondary N) is 1. The molecular weight excluding hydrogens is 290 g/mol. The van der Waals surface area contributed by atoms with Gasteiger partial charge in [0.15, 0.2) is 0 Å². The summed E-state index contributed by atoms with van der Waals surface area (Å²) in [7, 11) is 0. The van der Waals surface area contributed by atoms with E-state index < -0.39 is 27.1 Å². The molecule has 0 aliphatic heterocycles. The number of nitro benzene ring substituents is 2. The molecule has 0 atom stereocenters. The van der Waals surface area contributed by atoms with Crippen molar-refractivity contribution >= 4 is 23.0 Å². The Labute approximate surface area is 124 Å². The molecule has 0 unspecified atom stereocenters. The molecule has 0 radical (unpaired) electrons. The van der Waals surface area contributed by atoms with Gasteiger partial charge in [-0.25, -0.2) is 0 Å². The van der Waals surface area contributed by atoms with Gasteiger partial charge in [0, 0.05) is 11.6 Å². The van der Waals surface area contributed by atoms with Crippen molar-refractivity contribution in [2.24, 2.45) is 0 Å². The summed E-state index contributed by atoms with van der Waals surface area (Å²) in [6.45, 7) is 1.81. The molecule has 1 amide bonds. The number of nitrogens with zero attached hydrogens (tertiary/aromatic N) is 2. The van der Waals surface area contributed by atoms with Crippen molar-refractivity contribution in [1.82, 2.24) is 0 Å². The van der Waals surface area contributed by atoms with E-state index in [2.05, 4.69) is 5.32 Å². The standard InChI is InChI=1S/C14H11N3O5/c1-9-3-2-4-10(7-9)14(18)15-12-6-5-11(16(19)20)8-13(12)17(21)22/h2-8H,1H3,(H,15,18). The lowest BCUT2D eigenvalue weighted by molar-refractivity contribution is -0.393. The first-order chi connectivity index (χ1) is 10.4. The van der Waals surface area contributed by atoms with Gasteiger partial charge in [-0.3, -0.25) is 25.0 Å².